The van der Waals surface area contributed by atoms with Crippen LogP contribution in [0.5, 0.6) is 0 Å². The molecule has 138 valence electrons. The molecule has 0 fully saturated rings. The maximum absolute atomic E-state index is 6.02. The van der Waals surface area contributed by atoms with Crippen LogP contribution in [0.2, 0.25) is 5.02 Å². The van der Waals surface area contributed by atoms with Gasteiger partial charge < -0.3 is 10.6 Å². The molecule has 0 bridgehead atoms. The average molecular weight is 493 g/mol. The number of nitrogens with one attached hydrogen (secondary N) is 2. The predicted octanol–water partition coefficient (Wildman–Crippen LogP) is 4.37. The van der Waals surface area contributed by atoms with E-state index in [2.05, 4.69) is 40.5 Å². The number of hydrogen-bond acceptors (Lipinski definition) is 3. The van der Waals surface area contributed by atoms with Crippen LogP contribution >= 0.6 is 46.9 Å². The van der Waals surface area contributed by atoms with Crippen molar-refractivity contribution in [3.63, 3.8) is 0 Å². The molecule has 2 aromatic rings. The summed E-state index contributed by atoms with van der Waals surface area (Å²) < 4.78 is 0. The predicted molar refractivity (Wildman–Crippen MR) is 120 cm³/mol. The second-order valence-electron chi connectivity index (χ2n) is 5.56. The maximum atomic E-state index is 6.02. The van der Waals surface area contributed by atoms with Crippen molar-refractivity contribution in [3.05, 3.63) is 50.4 Å². The molecule has 0 amide bonds. The van der Waals surface area contributed by atoms with E-state index in [0.29, 0.717) is 0 Å². The monoisotopic (exact) mass is 492 g/mol. The van der Waals surface area contributed by atoms with E-state index in [-0.39, 0.29) is 24.0 Å². The van der Waals surface area contributed by atoms with Gasteiger partial charge in [-0.1, -0.05) is 23.7 Å². The van der Waals surface area contributed by atoms with Crippen molar-refractivity contribution in [1.82, 2.24) is 15.6 Å². The van der Waals surface area contributed by atoms with Gasteiger partial charge in [0.1, 0.15) is 0 Å². The number of hydrogen-bond donors (Lipinski definition) is 2. The third-order valence-corrected chi connectivity index (χ3v) is 4.92. The summed E-state index contributed by atoms with van der Waals surface area (Å²) in [6.45, 7) is 8.62. The zero-order valence-electron chi connectivity index (χ0n) is 14.9. The molecule has 1 aromatic carbocycles. The molecule has 4 nitrogen and oxygen atoms in total. The number of halogens is 2. The highest BCUT2D eigenvalue weighted by Gasteiger charge is 2.04. The molecule has 25 heavy (non-hydrogen) atoms. The van der Waals surface area contributed by atoms with Crippen molar-refractivity contribution in [2.24, 2.45) is 4.99 Å². The van der Waals surface area contributed by atoms with Gasteiger partial charge in [-0.25, -0.2) is 4.98 Å². The Kier molecular flexibility index (Phi) is 10.4. The van der Waals surface area contributed by atoms with E-state index < -0.39 is 0 Å². The van der Waals surface area contributed by atoms with Crippen molar-refractivity contribution in [3.8, 4) is 0 Å². The molecule has 1 aromatic heterocycles. The van der Waals surface area contributed by atoms with Gasteiger partial charge in [0.15, 0.2) is 5.96 Å². The topological polar surface area (TPSA) is 49.3 Å². The van der Waals surface area contributed by atoms with E-state index in [4.69, 9.17) is 11.6 Å². The van der Waals surface area contributed by atoms with Crippen molar-refractivity contribution in [2.75, 3.05) is 19.6 Å². The molecular weight excluding hydrogens is 467 g/mol. The molecule has 0 saturated carbocycles. The van der Waals surface area contributed by atoms with Gasteiger partial charge in [0.05, 0.1) is 10.7 Å². The van der Waals surface area contributed by atoms with Crippen LogP contribution in [0, 0.1) is 13.8 Å². The summed E-state index contributed by atoms with van der Waals surface area (Å²) in [5.41, 5.74) is 2.35. The fourth-order valence-corrected chi connectivity index (χ4v) is 3.57. The highest BCUT2D eigenvalue weighted by molar-refractivity contribution is 14.0. The number of guanidine groups is 1. The Morgan fingerprint density at radius 3 is 2.68 bits per heavy atom. The smallest absolute Gasteiger partial charge is 0.191 e. The lowest BCUT2D eigenvalue weighted by Gasteiger charge is -2.11. The lowest BCUT2D eigenvalue weighted by molar-refractivity contribution is 0.797. The average Bonchev–Trinajstić information content (AvgIpc) is 2.85. The van der Waals surface area contributed by atoms with Gasteiger partial charge >= 0.3 is 0 Å². The number of nitrogens with zero attached hydrogens (tertiary/aromatic N) is 2. The molecular formula is C18H26ClIN4S. The van der Waals surface area contributed by atoms with Gasteiger partial charge in [0, 0.05) is 36.0 Å². The quantitative estimate of drug-likeness (QED) is 0.343. The Balaban J connectivity index is 0.00000312. The molecule has 0 unspecified atom stereocenters. The second-order valence-corrected chi connectivity index (χ2v) is 7.28. The highest BCUT2D eigenvalue weighted by Crippen LogP contribution is 2.17. The second kappa shape index (κ2) is 11.7. The first-order valence-electron chi connectivity index (χ1n) is 8.28. The fraction of sp³-hybridized carbons (Fsp3) is 0.444. The zero-order valence-corrected chi connectivity index (χ0v) is 18.8. The molecule has 0 aliphatic heterocycles. The fourth-order valence-electron chi connectivity index (χ4n) is 2.43. The summed E-state index contributed by atoms with van der Waals surface area (Å²) in [4.78, 5) is 10.4. The maximum Gasteiger partial charge on any atom is 0.191 e. The van der Waals surface area contributed by atoms with E-state index >= 15 is 0 Å². The van der Waals surface area contributed by atoms with Gasteiger partial charge in [-0.15, -0.1) is 35.3 Å². The van der Waals surface area contributed by atoms with Gasteiger partial charge in [-0.05, 0) is 44.9 Å². The molecule has 0 aliphatic rings. The van der Waals surface area contributed by atoms with Crippen LogP contribution in [0.25, 0.3) is 0 Å². The first-order chi connectivity index (χ1) is 11.6. The lowest BCUT2D eigenvalue weighted by atomic mass is 10.1. The number of benzene rings is 1. The Hall–Kier alpha value is -0.860. The Morgan fingerprint density at radius 1 is 1.24 bits per heavy atom. The van der Waals surface area contributed by atoms with Gasteiger partial charge in [-0.3, -0.25) is 4.99 Å². The van der Waals surface area contributed by atoms with Gasteiger partial charge in [0.25, 0.3) is 0 Å². The Bertz CT molecular complexity index is 687. The van der Waals surface area contributed by atoms with E-state index in [0.717, 1.165) is 54.2 Å². The van der Waals surface area contributed by atoms with Crippen molar-refractivity contribution in [1.29, 1.82) is 0 Å². The highest BCUT2D eigenvalue weighted by atomic mass is 127. The largest absolute Gasteiger partial charge is 0.357 e. The normalized spacial score (nSPS) is 11.1. The minimum absolute atomic E-state index is 0. The number of thiazole rings is 1. The number of rotatable bonds is 7. The van der Waals surface area contributed by atoms with E-state index in [1.165, 1.54) is 10.4 Å². The molecule has 7 heteroatoms. The SMILES string of the molecule is CCNC(=NCCc1sc(C)nc1C)NCCc1cccc(Cl)c1.I. The molecule has 0 atom stereocenters. The molecule has 2 N–H and O–H groups in total. The number of aryl methyl sites for hydroxylation is 2. The number of aliphatic imine (C=N–C) groups is 1. The first-order valence-corrected chi connectivity index (χ1v) is 9.47. The standard InChI is InChI=1S/C18H25ClN4S.HI/c1-4-20-18(21-10-8-15-6-5-7-16(19)12-15)22-11-9-17-13(2)23-14(3)24-17;/h5-7,12H,4,8-11H2,1-3H3,(H2,20,21,22);1H. The molecule has 0 spiro atoms. The van der Waals surface area contributed by atoms with Crippen LogP contribution in [0.1, 0.15) is 28.1 Å². The summed E-state index contributed by atoms with van der Waals surface area (Å²) in [6.07, 6.45) is 1.85. The van der Waals surface area contributed by atoms with E-state index in [1.54, 1.807) is 11.3 Å². The first kappa shape index (κ1) is 22.2. The molecule has 0 aliphatic carbocycles. The zero-order chi connectivity index (χ0) is 17.4. The lowest BCUT2D eigenvalue weighted by Crippen LogP contribution is -2.38. The van der Waals surface area contributed by atoms with Crippen LogP contribution < -0.4 is 10.6 Å². The Labute approximate surface area is 176 Å². The van der Waals surface area contributed by atoms with Crippen LogP contribution in [0.15, 0.2) is 29.3 Å². The van der Waals surface area contributed by atoms with Gasteiger partial charge in [0.2, 0.25) is 0 Å². The molecule has 2 rings (SSSR count). The van der Waals surface area contributed by atoms with Crippen molar-refractivity contribution in [2.45, 2.75) is 33.6 Å². The summed E-state index contributed by atoms with van der Waals surface area (Å²) in [5.74, 6) is 0.860. The summed E-state index contributed by atoms with van der Waals surface area (Å²) in [6, 6.07) is 7.97. The summed E-state index contributed by atoms with van der Waals surface area (Å²) in [5, 5.41) is 8.57. The molecule has 0 saturated heterocycles. The van der Waals surface area contributed by atoms with Crippen molar-refractivity contribution >= 4 is 52.9 Å². The summed E-state index contributed by atoms with van der Waals surface area (Å²) >= 11 is 7.78. The van der Waals surface area contributed by atoms with Gasteiger partial charge in [-0.2, -0.15) is 0 Å². The molecule has 0 radical (unpaired) electrons. The third kappa shape index (κ3) is 7.92. The van der Waals surface area contributed by atoms with Crippen LogP contribution in [-0.4, -0.2) is 30.6 Å². The van der Waals surface area contributed by atoms with Crippen molar-refractivity contribution < 1.29 is 0 Å². The third-order valence-electron chi connectivity index (χ3n) is 3.55. The van der Waals surface area contributed by atoms with E-state index in [9.17, 15) is 0 Å². The van der Waals surface area contributed by atoms with E-state index in [1.807, 2.05) is 25.1 Å². The molecule has 1 heterocycles. The summed E-state index contributed by atoms with van der Waals surface area (Å²) in [7, 11) is 0. The number of aromatic nitrogens is 1. The van der Waals surface area contributed by atoms with Crippen LogP contribution in [0.4, 0.5) is 0 Å². The minimum Gasteiger partial charge on any atom is -0.357 e. The Morgan fingerprint density at radius 2 is 2.04 bits per heavy atom. The van der Waals surface area contributed by atoms with Crippen LogP contribution in [0.3, 0.4) is 0 Å². The van der Waals surface area contributed by atoms with Crippen LogP contribution in [-0.2, 0) is 12.8 Å². The minimum atomic E-state index is 0.